The monoisotopic (exact) mass is 260 g/mol. The van der Waals surface area contributed by atoms with Crippen molar-refractivity contribution in [2.75, 3.05) is 5.32 Å². The normalized spacial score (nSPS) is 11.7. The fourth-order valence-corrected chi connectivity index (χ4v) is 1.55. The minimum absolute atomic E-state index is 0.0211. The van der Waals surface area contributed by atoms with E-state index in [0.717, 1.165) is 6.07 Å². The van der Waals surface area contributed by atoms with E-state index >= 15 is 0 Å². The molecule has 0 fully saturated rings. The Kier molecular flexibility index (Phi) is 2.70. The molecule has 1 aromatic heterocycles. The Morgan fingerprint density at radius 3 is 2.65 bits per heavy atom. The first-order chi connectivity index (χ1) is 7.88. The van der Waals surface area contributed by atoms with Gasteiger partial charge in [0.05, 0.1) is 5.69 Å². The van der Waals surface area contributed by atoms with E-state index in [1.807, 2.05) is 0 Å². The Morgan fingerprint density at radius 2 is 2.06 bits per heavy atom. The molecule has 3 N–H and O–H groups in total. The molecular weight excluding hydrogens is 253 g/mol. The minimum atomic E-state index is -4.51. The number of anilines is 1. The number of hydrogen-bond acceptors (Lipinski definition) is 2. The molecule has 17 heavy (non-hydrogen) atoms. The van der Waals surface area contributed by atoms with Crippen LogP contribution in [0.2, 0.25) is 0 Å². The van der Waals surface area contributed by atoms with Crippen LogP contribution < -0.4 is 11.1 Å². The van der Waals surface area contributed by atoms with Gasteiger partial charge in [-0.05, 0) is 30.4 Å². The molecule has 0 saturated heterocycles. The van der Waals surface area contributed by atoms with Crippen LogP contribution in [0.25, 0.3) is 11.0 Å². The van der Waals surface area contributed by atoms with Gasteiger partial charge in [0.1, 0.15) is 5.58 Å². The van der Waals surface area contributed by atoms with Crippen molar-refractivity contribution in [3.63, 3.8) is 0 Å². The average Bonchev–Trinajstić information content (AvgIpc) is 2.60. The molecule has 2 rings (SSSR count). The summed E-state index contributed by atoms with van der Waals surface area (Å²) < 4.78 is 42.1. The molecule has 0 bridgehead atoms. The van der Waals surface area contributed by atoms with Gasteiger partial charge in [-0.15, -0.1) is 0 Å². The van der Waals surface area contributed by atoms with Crippen LogP contribution in [0.1, 0.15) is 5.76 Å². The van der Waals surface area contributed by atoms with Crippen LogP contribution in [-0.2, 0) is 6.18 Å². The van der Waals surface area contributed by atoms with E-state index in [4.69, 9.17) is 10.2 Å². The van der Waals surface area contributed by atoms with Crippen molar-refractivity contribution in [2.45, 2.75) is 6.18 Å². The van der Waals surface area contributed by atoms with E-state index < -0.39 is 11.9 Å². The van der Waals surface area contributed by atoms with Gasteiger partial charge in [-0.1, -0.05) is 6.07 Å². The second kappa shape index (κ2) is 3.92. The third-order valence-corrected chi connectivity index (χ3v) is 2.20. The maximum absolute atomic E-state index is 12.5. The summed E-state index contributed by atoms with van der Waals surface area (Å²) in [5.41, 5.74) is 5.78. The summed E-state index contributed by atoms with van der Waals surface area (Å²) in [4.78, 5) is 0. The molecule has 0 unspecified atom stereocenters. The minimum Gasteiger partial charge on any atom is -0.451 e. The second-order valence-corrected chi connectivity index (χ2v) is 3.75. The quantitative estimate of drug-likeness (QED) is 0.773. The molecule has 0 aliphatic carbocycles. The molecule has 7 heteroatoms. The van der Waals surface area contributed by atoms with Crippen molar-refractivity contribution >= 4 is 34.0 Å². The van der Waals surface area contributed by atoms with Crippen LogP contribution in [0.3, 0.4) is 0 Å². The Labute approximate surface area is 99.4 Å². The zero-order valence-corrected chi connectivity index (χ0v) is 9.15. The standard InChI is InChI=1S/C10H7F3N2OS/c11-10(12,13)8-4-5-6(15-9(14)17)2-1-3-7(5)16-8/h1-4H,(H3,14,15,17). The second-order valence-electron chi connectivity index (χ2n) is 3.32. The van der Waals surface area contributed by atoms with E-state index in [1.165, 1.54) is 6.07 Å². The molecule has 0 amide bonds. The van der Waals surface area contributed by atoms with Gasteiger partial charge in [0.25, 0.3) is 0 Å². The highest BCUT2D eigenvalue weighted by Crippen LogP contribution is 2.36. The van der Waals surface area contributed by atoms with Gasteiger partial charge in [-0.25, -0.2) is 0 Å². The number of furan rings is 1. The number of thiocarbonyl (C=S) groups is 1. The number of halogens is 3. The van der Waals surface area contributed by atoms with Crippen molar-refractivity contribution in [1.82, 2.24) is 0 Å². The van der Waals surface area contributed by atoms with E-state index in [1.54, 1.807) is 12.1 Å². The summed E-state index contributed by atoms with van der Waals surface area (Å²) in [7, 11) is 0. The number of benzene rings is 1. The summed E-state index contributed by atoms with van der Waals surface area (Å²) in [6, 6.07) is 5.47. The first-order valence-corrected chi connectivity index (χ1v) is 4.95. The lowest BCUT2D eigenvalue weighted by molar-refractivity contribution is -0.152. The average molecular weight is 260 g/mol. The van der Waals surface area contributed by atoms with Crippen molar-refractivity contribution < 1.29 is 17.6 Å². The van der Waals surface area contributed by atoms with Gasteiger partial charge in [-0.2, -0.15) is 13.2 Å². The van der Waals surface area contributed by atoms with Crippen molar-refractivity contribution in [3.05, 3.63) is 30.0 Å². The molecule has 0 atom stereocenters. The van der Waals surface area contributed by atoms with Crippen LogP contribution in [0.5, 0.6) is 0 Å². The number of rotatable bonds is 1. The summed E-state index contributed by atoms with van der Waals surface area (Å²) in [5.74, 6) is -1.05. The smallest absolute Gasteiger partial charge is 0.449 e. The first-order valence-electron chi connectivity index (χ1n) is 4.54. The number of nitrogens with two attached hydrogens (primary N) is 1. The maximum Gasteiger partial charge on any atom is 0.449 e. The van der Waals surface area contributed by atoms with Gasteiger partial charge < -0.3 is 15.5 Å². The SMILES string of the molecule is NC(=S)Nc1cccc2oc(C(F)(F)F)cc12. The molecule has 1 heterocycles. The van der Waals surface area contributed by atoms with Crippen LogP contribution in [-0.4, -0.2) is 5.11 Å². The highest BCUT2D eigenvalue weighted by atomic mass is 32.1. The zero-order valence-electron chi connectivity index (χ0n) is 8.34. The lowest BCUT2D eigenvalue weighted by Crippen LogP contribution is -2.18. The number of fused-ring (bicyclic) bond motifs is 1. The fraction of sp³-hybridized carbons (Fsp3) is 0.100. The topological polar surface area (TPSA) is 51.2 Å². The molecule has 1 aromatic carbocycles. The van der Waals surface area contributed by atoms with Crippen molar-refractivity contribution in [3.8, 4) is 0 Å². The molecule has 0 radical (unpaired) electrons. The van der Waals surface area contributed by atoms with E-state index in [0.29, 0.717) is 5.69 Å². The fourth-order valence-electron chi connectivity index (χ4n) is 1.44. The molecule has 0 spiro atoms. The molecule has 90 valence electrons. The predicted molar refractivity (Wildman–Crippen MR) is 61.6 cm³/mol. The summed E-state index contributed by atoms with van der Waals surface area (Å²) in [6.07, 6.45) is -4.51. The van der Waals surface area contributed by atoms with E-state index in [-0.39, 0.29) is 16.1 Å². The molecule has 0 aliphatic rings. The lowest BCUT2D eigenvalue weighted by atomic mass is 10.2. The van der Waals surface area contributed by atoms with Gasteiger partial charge in [0.15, 0.2) is 5.11 Å². The zero-order chi connectivity index (χ0) is 12.6. The van der Waals surface area contributed by atoms with Gasteiger partial charge in [0.2, 0.25) is 5.76 Å². The van der Waals surface area contributed by atoms with E-state index in [2.05, 4.69) is 17.5 Å². The number of alkyl halides is 3. The summed E-state index contributed by atoms with van der Waals surface area (Å²) >= 11 is 4.63. The van der Waals surface area contributed by atoms with E-state index in [9.17, 15) is 13.2 Å². The van der Waals surface area contributed by atoms with Crippen LogP contribution >= 0.6 is 12.2 Å². The van der Waals surface area contributed by atoms with Gasteiger partial charge in [-0.3, -0.25) is 0 Å². The molecule has 0 aliphatic heterocycles. The Balaban J connectivity index is 2.57. The van der Waals surface area contributed by atoms with Crippen LogP contribution in [0.15, 0.2) is 28.7 Å². The van der Waals surface area contributed by atoms with Gasteiger partial charge >= 0.3 is 6.18 Å². The third-order valence-electron chi connectivity index (χ3n) is 2.10. The third kappa shape index (κ3) is 2.33. The highest BCUT2D eigenvalue weighted by Gasteiger charge is 2.35. The van der Waals surface area contributed by atoms with Crippen LogP contribution in [0.4, 0.5) is 18.9 Å². The molecule has 3 nitrogen and oxygen atoms in total. The Hall–Kier alpha value is -1.76. The largest absolute Gasteiger partial charge is 0.451 e. The number of nitrogens with one attached hydrogen (secondary N) is 1. The maximum atomic E-state index is 12.5. The first kappa shape index (κ1) is 11.7. The molecular formula is C10H7F3N2OS. The summed E-state index contributed by atoms with van der Waals surface area (Å²) in [6.45, 7) is 0. The van der Waals surface area contributed by atoms with Crippen molar-refractivity contribution in [1.29, 1.82) is 0 Å². The van der Waals surface area contributed by atoms with Crippen molar-refractivity contribution in [2.24, 2.45) is 5.73 Å². The Bertz CT molecular complexity index is 576. The van der Waals surface area contributed by atoms with Gasteiger partial charge in [0, 0.05) is 5.39 Å². The van der Waals surface area contributed by atoms with Crippen LogP contribution in [0, 0.1) is 0 Å². The predicted octanol–water partition coefficient (Wildman–Crippen LogP) is 3.11. The number of hydrogen-bond donors (Lipinski definition) is 2. The molecule has 2 aromatic rings. The molecule has 0 saturated carbocycles. The summed E-state index contributed by atoms with van der Waals surface area (Å²) in [5, 5.41) is 2.86. The Morgan fingerprint density at radius 1 is 1.35 bits per heavy atom. The highest BCUT2D eigenvalue weighted by molar-refractivity contribution is 7.80. The lowest BCUT2D eigenvalue weighted by Gasteiger charge is -2.03.